The molecule has 0 aliphatic carbocycles. The van der Waals surface area contributed by atoms with Crippen molar-refractivity contribution in [2.24, 2.45) is 0 Å². The Morgan fingerprint density at radius 3 is 2.36 bits per heavy atom. The summed E-state index contributed by atoms with van der Waals surface area (Å²) in [6, 6.07) is 18.0. The third kappa shape index (κ3) is 3.63. The topological polar surface area (TPSA) is 6.48 Å². The van der Waals surface area contributed by atoms with Crippen LogP contribution in [0.5, 0.6) is 0 Å². The monoisotopic (exact) mass is 338 g/mol. The molecule has 2 saturated heterocycles. The van der Waals surface area contributed by atoms with Gasteiger partial charge >= 0.3 is 0 Å². The number of likely N-dealkylation sites (tertiary alicyclic amines) is 2. The molecular formula is C22H27FN2. The lowest BCUT2D eigenvalue weighted by atomic mass is 9.86. The average molecular weight is 338 g/mol. The van der Waals surface area contributed by atoms with Gasteiger partial charge in [0.25, 0.3) is 0 Å². The van der Waals surface area contributed by atoms with Crippen molar-refractivity contribution in [2.45, 2.75) is 44.3 Å². The number of benzene rings is 2. The summed E-state index contributed by atoms with van der Waals surface area (Å²) in [5.74, 6) is -0.0681. The van der Waals surface area contributed by atoms with E-state index >= 15 is 0 Å². The molecule has 2 aliphatic rings. The zero-order chi connectivity index (χ0) is 17.1. The van der Waals surface area contributed by atoms with Gasteiger partial charge in [-0.2, -0.15) is 0 Å². The molecule has 1 unspecified atom stereocenters. The fourth-order valence-corrected chi connectivity index (χ4v) is 4.72. The van der Waals surface area contributed by atoms with Gasteiger partial charge < -0.3 is 0 Å². The molecular weight excluding hydrogens is 311 g/mol. The molecule has 2 heterocycles. The van der Waals surface area contributed by atoms with Crippen LogP contribution in [0.4, 0.5) is 4.39 Å². The molecule has 2 aliphatic heterocycles. The van der Waals surface area contributed by atoms with Gasteiger partial charge in [0.05, 0.1) is 0 Å². The highest BCUT2D eigenvalue weighted by atomic mass is 19.1. The summed E-state index contributed by atoms with van der Waals surface area (Å²) in [5.41, 5.74) is 2.46. The van der Waals surface area contributed by atoms with Gasteiger partial charge in [0.15, 0.2) is 0 Å². The average Bonchev–Trinajstić information content (AvgIpc) is 2.99. The minimum atomic E-state index is -0.0681. The van der Waals surface area contributed by atoms with Crippen molar-refractivity contribution in [3.05, 3.63) is 71.5 Å². The van der Waals surface area contributed by atoms with Gasteiger partial charge in [-0.25, -0.2) is 4.39 Å². The summed E-state index contributed by atoms with van der Waals surface area (Å²) in [6.45, 7) is 5.13. The van der Waals surface area contributed by atoms with Crippen molar-refractivity contribution >= 4 is 0 Å². The van der Waals surface area contributed by atoms with Crippen molar-refractivity contribution in [1.82, 2.24) is 9.80 Å². The van der Waals surface area contributed by atoms with Crippen molar-refractivity contribution in [3.8, 4) is 0 Å². The van der Waals surface area contributed by atoms with Gasteiger partial charge in [-0.05, 0) is 50.4 Å². The van der Waals surface area contributed by atoms with Gasteiger partial charge in [-0.3, -0.25) is 9.80 Å². The Morgan fingerprint density at radius 1 is 0.840 bits per heavy atom. The Kier molecular flexibility index (Phi) is 4.87. The number of rotatable bonds is 4. The highest BCUT2D eigenvalue weighted by Crippen LogP contribution is 2.38. The molecule has 0 radical (unpaired) electrons. The van der Waals surface area contributed by atoms with Crippen LogP contribution < -0.4 is 0 Å². The summed E-state index contributed by atoms with van der Waals surface area (Å²) in [6.07, 6.45) is 4.95. The van der Waals surface area contributed by atoms with Gasteiger partial charge in [-0.15, -0.1) is 0 Å². The summed E-state index contributed by atoms with van der Waals surface area (Å²) in [4.78, 5) is 5.15. The smallest absolute Gasteiger partial charge is 0.127 e. The quantitative estimate of drug-likeness (QED) is 0.812. The van der Waals surface area contributed by atoms with Crippen LogP contribution in [0.25, 0.3) is 0 Å². The lowest BCUT2D eigenvalue weighted by Crippen LogP contribution is -2.55. The van der Waals surface area contributed by atoms with Crippen LogP contribution in [-0.2, 0) is 13.1 Å². The number of hydrogen-bond donors (Lipinski definition) is 0. The minimum absolute atomic E-state index is 0.0681. The molecule has 0 N–H and O–H groups in total. The van der Waals surface area contributed by atoms with Crippen LogP contribution in [0.15, 0.2) is 54.6 Å². The van der Waals surface area contributed by atoms with Crippen molar-refractivity contribution < 1.29 is 4.39 Å². The first kappa shape index (κ1) is 16.7. The molecule has 3 heteroatoms. The maximum atomic E-state index is 14.1. The summed E-state index contributed by atoms with van der Waals surface area (Å²) >= 11 is 0. The van der Waals surface area contributed by atoms with E-state index < -0.39 is 0 Å². The molecule has 0 saturated carbocycles. The van der Waals surface area contributed by atoms with E-state index in [9.17, 15) is 4.39 Å². The molecule has 4 rings (SSSR count). The van der Waals surface area contributed by atoms with Crippen LogP contribution >= 0.6 is 0 Å². The first-order valence-corrected chi connectivity index (χ1v) is 9.50. The Labute approximate surface area is 150 Å². The SMILES string of the molecule is Fc1ccccc1CN1CCCC12CCCN(Cc1ccccc1)C2. The van der Waals surface area contributed by atoms with Crippen LogP contribution in [0.1, 0.15) is 36.8 Å². The Balaban J connectivity index is 1.48. The Hall–Kier alpha value is -1.71. The molecule has 2 aromatic rings. The van der Waals surface area contributed by atoms with Gasteiger partial charge in [0.2, 0.25) is 0 Å². The number of nitrogens with zero attached hydrogens (tertiary/aromatic N) is 2. The summed E-state index contributed by atoms with van der Waals surface area (Å²) in [7, 11) is 0. The van der Waals surface area contributed by atoms with Gasteiger partial charge in [0, 0.05) is 30.7 Å². The van der Waals surface area contributed by atoms with E-state index in [1.807, 2.05) is 12.1 Å². The van der Waals surface area contributed by atoms with Crippen LogP contribution in [0.2, 0.25) is 0 Å². The second-order valence-corrected chi connectivity index (χ2v) is 7.64. The second kappa shape index (κ2) is 7.27. The largest absolute Gasteiger partial charge is 0.297 e. The maximum absolute atomic E-state index is 14.1. The number of hydrogen-bond acceptors (Lipinski definition) is 2. The van der Waals surface area contributed by atoms with E-state index in [0.717, 1.165) is 31.7 Å². The standard InChI is InChI=1S/C22H27FN2/c23-21-11-5-4-10-20(21)17-25-15-7-13-22(25)12-6-14-24(18-22)16-19-8-2-1-3-9-19/h1-5,8-11H,6-7,12-18H2. The molecule has 0 amide bonds. The maximum Gasteiger partial charge on any atom is 0.127 e. The number of piperidine rings is 1. The highest BCUT2D eigenvalue weighted by molar-refractivity contribution is 5.19. The summed E-state index contributed by atoms with van der Waals surface area (Å²) < 4.78 is 14.1. The van der Waals surface area contributed by atoms with E-state index in [1.165, 1.54) is 37.8 Å². The molecule has 132 valence electrons. The predicted octanol–water partition coefficient (Wildman–Crippen LogP) is 4.46. The molecule has 2 aromatic carbocycles. The predicted molar refractivity (Wildman–Crippen MR) is 99.7 cm³/mol. The molecule has 25 heavy (non-hydrogen) atoms. The third-order valence-electron chi connectivity index (χ3n) is 5.94. The van der Waals surface area contributed by atoms with Crippen LogP contribution in [0, 0.1) is 5.82 Å². The Morgan fingerprint density at radius 2 is 1.56 bits per heavy atom. The normalized spacial score (nSPS) is 24.8. The molecule has 0 aromatic heterocycles. The van der Waals surface area contributed by atoms with Crippen molar-refractivity contribution in [2.75, 3.05) is 19.6 Å². The molecule has 0 bridgehead atoms. The molecule has 2 nitrogen and oxygen atoms in total. The fraction of sp³-hybridized carbons (Fsp3) is 0.455. The first-order valence-electron chi connectivity index (χ1n) is 9.50. The zero-order valence-electron chi connectivity index (χ0n) is 14.8. The van der Waals surface area contributed by atoms with Gasteiger partial charge in [0.1, 0.15) is 5.82 Å². The zero-order valence-corrected chi connectivity index (χ0v) is 14.8. The highest BCUT2D eigenvalue weighted by Gasteiger charge is 2.43. The van der Waals surface area contributed by atoms with Crippen LogP contribution in [0.3, 0.4) is 0 Å². The van der Waals surface area contributed by atoms with Gasteiger partial charge in [-0.1, -0.05) is 48.5 Å². The summed E-state index contributed by atoms with van der Waals surface area (Å²) in [5, 5.41) is 0. The van der Waals surface area contributed by atoms with E-state index in [0.29, 0.717) is 0 Å². The lowest BCUT2D eigenvalue weighted by molar-refractivity contribution is 0.0323. The molecule has 2 fully saturated rings. The third-order valence-corrected chi connectivity index (χ3v) is 5.94. The van der Waals surface area contributed by atoms with E-state index in [2.05, 4.69) is 40.1 Å². The van der Waals surface area contributed by atoms with E-state index in [4.69, 9.17) is 0 Å². The van der Waals surface area contributed by atoms with E-state index in [-0.39, 0.29) is 11.4 Å². The fourth-order valence-electron chi connectivity index (χ4n) is 4.72. The van der Waals surface area contributed by atoms with Crippen molar-refractivity contribution in [3.63, 3.8) is 0 Å². The Bertz CT molecular complexity index is 702. The minimum Gasteiger partial charge on any atom is -0.297 e. The first-order chi connectivity index (χ1) is 12.3. The molecule has 1 atom stereocenters. The second-order valence-electron chi connectivity index (χ2n) is 7.64. The lowest BCUT2D eigenvalue weighted by Gasteiger charge is -2.46. The van der Waals surface area contributed by atoms with Crippen molar-refractivity contribution in [1.29, 1.82) is 0 Å². The number of halogens is 1. The van der Waals surface area contributed by atoms with E-state index in [1.54, 1.807) is 12.1 Å². The molecule has 1 spiro atoms. The van der Waals surface area contributed by atoms with Crippen LogP contribution in [-0.4, -0.2) is 35.0 Å².